The van der Waals surface area contributed by atoms with Crippen molar-refractivity contribution in [3.8, 4) is 5.88 Å². The molecule has 1 aliphatic heterocycles. The molecule has 1 aliphatic carbocycles. The van der Waals surface area contributed by atoms with Gasteiger partial charge < -0.3 is 9.64 Å². The molecular formula is C13H19N3O. The Bertz CT molecular complexity index is 403. The minimum Gasteiger partial charge on any atom is -0.477 e. The first-order valence-corrected chi connectivity index (χ1v) is 6.51. The van der Waals surface area contributed by atoms with Crippen LogP contribution in [-0.4, -0.2) is 29.7 Å². The fraction of sp³-hybridized carbons (Fsp3) is 0.692. The molecular weight excluding hydrogens is 214 g/mol. The summed E-state index contributed by atoms with van der Waals surface area (Å²) < 4.78 is 5.40. The zero-order valence-electron chi connectivity index (χ0n) is 10.4. The third kappa shape index (κ3) is 1.96. The van der Waals surface area contributed by atoms with E-state index in [4.69, 9.17) is 4.74 Å². The molecule has 3 rings (SSSR count). The quantitative estimate of drug-likeness (QED) is 0.802. The zero-order chi connectivity index (χ0) is 11.7. The molecule has 0 amide bonds. The second kappa shape index (κ2) is 4.17. The van der Waals surface area contributed by atoms with Gasteiger partial charge in [0, 0.05) is 13.1 Å². The lowest BCUT2D eigenvalue weighted by atomic mass is 9.68. The molecule has 2 fully saturated rings. The van der Waals surface area contributed by atoms with Gasteiger partial charge in [0.1, 0.15) is 0 Å². The number of hydrogen-bond donors (Lipinski definition) is 0. The summed E-state index contributed by atoms with van der Waals surface area (Å²) in [4.78, 5) is 11.1. The van der Waals surface area contributed by atoms with Crippen molar-refractivity contribution < 1.29 is 4.74 Å². The third-order valence-corrected chi connectivity index (χ3v) is 4.07. The summed E-state index contributed by atoms with van der Waals surface area (Å²) >= 11 is 0. The molecule has 0 N–H and O–H groups in total. The van der Waals surface area contributed by atoms with Gasteiger partial charge in [-0.2, -0.15) is 4.98 Å². The van der Waals surface area contributed by atoms with E-state index in [1.807, 2.05) is 13.1 Å². The molecule has 2 aliphatic rings. The predicted octanol–water partition coefficient (Wildman–Crippen LogP) is 2.26. The molecule has 0 radical (unpaired) electrons. The topological polar surface area (TPSA) is 38.2 Å². The highest BCUT2D eigenvalue weighted by Crippen LogP contribution is 2.48. The number of hydrogen-bond acceptors (Lipinski definition) is 4. The molecule has 1 aromatic heterocycles. The maximum absolute atomic E-state index is 5.40. The average molecular weight is 233 g/mol. The molecule has 17 heavy (non-hydrogen) atoms. The van der Waals surface area contributed by atoms with Crippen LogP contribution in [0.15, 0.2) is 12.4 Å². The first-order valence-electron chi connectivity index (χ1n) is 6.51. The largest absolute Gasteiger partial charge is 0.477 e. The summed E-state index contributed by atoms with van der Waals surface area (Å²) in [5.41, 5.74) is 0.600. The molecule has 4 heteroatoms. The molecule has 1 saturated heterocycles. The first-order chi connectivity index (χ1) is 8.31. The van der Waals surface area contributed by atoms with Crippen molar-refractivity contribution in [1.29, 1.82) is 0 Å². The van der Waals surface area contributed by atoms with Crippen molar-refractivity contribution in [3.63, 3.8) is 0 Å². The highest BCUT2D eigenvalue weighted by molar-refractivity contribution is 5.40. The second-order valence-corrected chi connectivity index (χ2v) is 5.17. The highest BCUT2D eigenvalue weighted by Gasteiger charge is 2.43. The fourth-order valence-electron chi connectivity index (χ4n) is 2.92. The van der Waals surface area contributed by atoms with Crippen molar-refractivity contribution in [2.45, 2.75) is 32.6 Å². The van der Waals surface area contributed by atoms with Crippen LogP contribution in [0.5, 0.6) is 5.88 Å². The van der Waals surface area contributed by atoms with Crippen molar-refractivity contribution in [3.05, 3.63) is 12.4 Å². The Hall–Kier alpha value is -1.32. The minimum absolute atomic E-state index is 0.600. The van der Waals surface area contributed by atoms with Crippen molar-refractivity contribution in [1.82, 2.24) is 9.97 Å². The number of ether oxygens (including phenoxy) is 1. The second-order valence-electron chi connectivity index (χ2n) is 5.17. The van der Waals surface area contributed by atoms with Gasteiger partial charge in [-0.05, 0) is 31.6 Å². The Morgan fingerprint density at radius 2 is 2.24 bits per heavy atom. The monoisotopic (exact) mass is 233 g/mol. The maximum Gasteiger partial charge on any atom is 0.234 e. The molecule has 92 valence electrons. The summed E-state index contributed by atoms with van der Waals surface area (Å²) in [7, 11) is 0. The number of nitrogens with zero attached hydrogens (tertiary/aromatic N) is 3. The smallest absolute Gasteiger partial charge is 0.234 e. The SMILES string of the molecule is CCOc1cncc(N2CCC3(CCC3)C2)n1. The first kappa shape index (κ1) is 10.8. The molecule has 1 spiro atoms. The summed E-state index contributed by atoms with van der Waals surface area (Å²) in [6.07, 6.45) is 9.03. The maximum atomic E-state index is 5.40. The summed E-state index contributed by atoms with van der Waals surface area (Å²) in [5, 5.41) is 0. The van der Waals surface area contributed by atoms with Gasteiger partial charge in [-0.1, -0.05) is 6.42 Å². The minimum atomic E-state index is 0.600. The van der Waals surface area contributed by atoms with E-state index >= 15 is 0 Å². The van der Waals surface area contributed by atoms with E-state index in [9.17, 15) is 0 Å². The fourth-order valence-corrected chi connectivity index (χ4v) is 2.92. The normalized spacial score (nSPS) is 21.6. The van der Waals surface area contributed by atoms with Gasteiger partial charge in [-0.15, -0.1) is 0 Å². The molecule has 0 aromatic carbocycles. The van der Waals surface area contributed by atoms with Gasteiger partial charge in [0.15, 0.2) is 5.82 Å². The predicted molar refractivity (Wildman–Crippen MR) is 66.3 cm³/mol. The van der Waals surface area contributed by atoms with Crippen LogP contribution in [0.1, 0.15) is 32.6 Å². The molecule has 4 nitrogen and oxygen atoms in total. The van der Waals surface area contributed by atoms with Gasteiger partial charge in [-0.3, -0.25) is 4.98 Å². The van der Waals surface area contributed by atoms with Gasteiger partial charge in [0.2, 0.25) is 5.88 Å². The molecule has 1 aromatic rings. The third-order valence-electron chi connectivity index (χ3n) is 4.07. The number of anilines is 1. The van der Waals surface area contributed by atoms with Gasteiger partial charge >= 0.3 is 0 Å². The Morgan fingerprint density at radius 3 is 2.88 bits per heavy atom. The van der Waals surface area contributed by atoms with E-state index in [1.165, 1.54) is 25.7 Å². The molecule has 0 bridgehead atoms. The molecule has 0 unspecified atom stereocenters. The van der Waals surface area contributed by atoms with E-state index in [0.29, 0.717) is 17.9 Å². The van der Waals surface area contributed by atoms with Crippen molar-refractivity contribution >= 4 is 5.82 Å². The Balaban J connectivity index is 1.73. The molecule has 2 heterocycles. The molecule has 1 saturated carbocycles. The lowest BCUT2D eigenvalue weighted by Crippen LogP contribution is -2.33. The van der Waals surface area contributed by atoms with Crippen LogP contribution < -0.4 is 9.64 Å². The zero-order valence-corrected chi connectivity index (χ0v) is 10.4. The van der Waals surface area contributed by atoms with E-state index < -0.39 is 0 Å². The van der Waals surface area contributed by atoms with E-state index in [2.05, 4.69) is 14.9 Å². The standard InChI is InChI=1S/C13H19N3O/c1-2-17-12-9-14-8-11(15-12)16-7-6-13(10-16)4-3-5-13/h8-9H,2-7,10H2,1H3. The van der Waals surface area contributed by atoms with Crippen LogP contribution in [0.3, 0.4) is 0 Å². The van der Waals surface area contributed by atoms with Crippen LogP contribution in [0.4, 0.5) is 5.82 Å². The molecule has 0 atom stereocenters. The lowest BCUT2D eigenvalue weighted by Gasteiger charge is -2.38. The number of aromatic nitrogens is 2. The number of rotatable bonds is 3. The van der Waals surface area contributed by atoms with Gasteiger partial charge in [0.25, 0.3) is 0 Å². The Morgan fingerprint density at radius 1 is 1.35 bits per heavy atom. The summed E-state index contributed by atoms with van der Waals surface area (Å²) in [6.45, 7) is 4.87. The van der Waals surface area contributed by atoms with Gasteiger partial charge in [-0.25, -0.2) is 0 Å². The Kier molecular flexibility index (Phi) is 2.65. The van der Waals surface area contributed by atoms with E-state index in [1.54, 1.807) is 6.20 Å². The lowest BCUT2D eigenvalue weighted by molar-refractivity contribution is 0.165. The van der Waals surface area contributed by atoms with E-state index in [0.717, 1.165) is 18.9 Å². The van der Waals surface area contributed by atoms with E-state index in [-0.39, 0.29) is 0 Å². The van der Waals surface area contributed by atoms with Gasteiger partial charge in [0.05, 0.1) is 19.0 Å². The Labute approximate surface area is 102 Å². The van der Waals surface area contributed by atoms with Crippen LogP contribution in [0, 0.1) is 5.41 Å². The van der Waals surface area contributed by atoms with Crippen LogP contribution in [-0.2, 0) is 0 Å². The average Bonchev–Trinajstić information content (AvgIpc) is 2.75. The highest BCUT2D eigenvalue weighted by atomic mass is 16.5. The van der Waals surface area contributed by atoms with Crippen LogP contribution in [0.2, 0.25) is 0 Å². The van der Waals surface area contributed by atoms with Crippen molar-refractivity contribution in [2.24, 2.45) is 5.41 Å². The van der Waals surface area contributed by atoms with Crippen LogP contribution in [0.25, 0.3) is 0 Å². The van der Waals surface area contributed by atoms with Crippen LogP contribution >= 0.6 is 0 Å². The van der Waals surface area contributed by atoms with Crippen molar-refractivity contribution in [2.75, 3.05) is 24.6 Å². The summed E-state index contributed by atoms with van der Waals surface area (Å²) in [6, 6.07) is 0. The summed E-state index contributed by atoms with van der Waals surface area (Å²) in [5.74, 6) is 1.61.